The van der Waals surface area contributed by atoms with E-state index in [-0.39, 0.29) is 0 Å². The summed E-state index contributed by atoms with van der Waals surface area (Å²) in [4.78, 5) is 6.54. The summed E-state index contributed by atoms with van der Waals surface area (Å²) in [7, 11) is 0. The molecule has 0 unspecified atom stereocenters. The quantitative estimate of drug-likeness (QED) is 0.530. The summed E-state index contributed by atoms with van der Waals surface area (Å²) in [6, 6.07) is 3.94. The van der Waals surface area contributed by atoms with Gasteiger partial charge in [0.05, 0.1) is 5.88 Å². The highest BCUT2D eigenvalue weighted by Gasteiger charge is 2.11. The van der Waals surface area contributed by atoms with Gasteiger partial charge in [-0.15, -0.1) is 11.6 Å². The number of hydrogen-bond donors (Lipinski definition) is 0. The van der Waals surface area contributed by atoms with E-state index < -0.39 is 0 Å². The lowest BCUT2D eigenvalue weighted by Crippen LogP contribution is -2.21. The van der Waals surface area contributed by atoms with Crippen molar-refractivity contribution in [1.29, 1.82) is 0 Å². The first kappa shape index (κ1) is 8.57. The molecule has 3 heteroatoms. The Bertz CT molecular complexity index is 314. The summed E-state index contributed by atoms with van der Waals surface area (Å²) in [5.74, 6) is 1.54. The molecular formula is C10H11ClN2. The molecule has 0 aliphatic carbocycles. The van der Waals surface area contributed by atoms with Crippen LogP contribution in [0.3, 0.4) is 0 Å². The van der Waals surface area contributed by atoms with Crippen molar-refractivity contribution in [2.75, 3.05) is 18.0 Å². The number of hydrogen-bond acceptors (Lipinski definition) is 2. The molecule has 2 heterocycles. The average Bonchev–Trinajstić information content (AvgIpc) is 2.70. The minimum absolute atomic E-state index is 0.527. The Hall–Kier alpha value is -1.02. The molecule has 0 atom stereocenters. The zero-order chi connectivity index (χ0) is 9.10. The second-order valence-corrected chi connectivity index (χ2v) is 3.26. The number of rotatable bonds is 2. The molecule has 0 fully saturated rings. The van der Waals surface area contributed by atoms with Crippen LogP contribution in [0, 0.1) is 0 Å². The fourth-order valence-corrected chi connectivity index (χ4v) is 1.68. The zero-order valence-corrected chi connectivity index (χ0v) is 8.04. The van der Waals surface area contributed by atoms with Gasteiger partial charge in [-0.3, -0.25) is 0 Å². The first-order chi connectivity index (χ1) is 6.42. The number of halogens is 1. The molecule has 1 aromatic rings. The van der Waals surface area contributed by atoms with Gasteiger partial charge in [0.15, 0.2) is 0 Å². The van der Waals surface area contributed by atoms with Crippen molar-refractivity contribution in [3.05, 3.63) is 36.0 Å². The Labute approximate surface area is 82.8 Å². The molecule has 1 aliphatic heterocycles. The zero-order valence-electron chi connectivity index (χ0n) is 7.28. The lowest BCUT2D eigenvalue weighted by atomic mass is 10.3. The Kier molecular flexibility index (Phi) is 2.50. The van der Waals surface area contributed by atoms with Crippen molar-refractivity contribution < 1.29 is 0 Å². The Morgan fingerprint density at radius 1 is 1.38 bits per heavy atom. The maximum Gasteiger partial charge on any atom is 0.133 e. The number of anilines is 1. The molecule has 2 nitrogen and oxygen atoms in total. The summed E-state index contributed by atoms with van der Waals surface area (Å²) in [5.41, 5.74) is 1.10. The minimum Gasteiger partial charge on any atom is -0.349 e. The SMILES string of the molecule is ClCc1cccnc1N1CC=CC1. The molecule has 0 N–H and O–H groups in total. The Balaban J connectivity index is 2.27. The summed E-state index contributed by atoms with van der Waals surface area (Å²) < 4.78 is 0. The molecule has 0 radical (unpaired) electrons. The monoisotopic (exact) mass is 194 g/mol. The molecule has 0 spiro atoms. The molecule has 1 aromatic heterocycles. The van der Waals surface area contributed by atoms with Crippen LogP contribution in [0.2, 0.25) is 0 Å². The lowest BCUT2D eigenvalue weighted by Gasteiger charge is -2.18. The number of alkyl halides is 1. The standard InChI is InChI=1S/C10H11ClN2/c11-8-9-4-3-5-12-10(9)13-6-1-2-7-13/h1-5H,6-8H2. The predicted molar refractivity (Wildman–Crippen MR) is 55.1 cm³/mol. The molecule has 13 heavy (non-hydrogen) atoms. The highest BCUT2D eigenvalue weighted by molar-refractivity contribution is 6.17. The third kappa shape index (κ3) is 1.68. The fraction of sp³-hybridized carbons (Fsp3) is 0.300. The summed E-state index contributed by atoms with van der Waals surface area (Å²) in [6.45, 7) is 1.89. The van der Waals surface area contributed by atoms with E-state index in [2.05, 4.69) is 22.0 Å². The van der Waals surface area contributed by atoms with E-state index in [0.29, 0.717) is 5.88 Å². The Morgan fingerprint density at radius 2 is 2.15 bits per heavy atom. The minimum atomic E-state index is 0.527. The molecule has 2 rings (SSSR count). The molecule has 0 bridgehead atoms. The third-order valence-corrected chi connectivity index (χ3v) is 2.42. The fourth-order valence-electron chi connectivity index (χ4n) is 1.47. The normalized spacial score (nSPS) is 15.3. The summed E-state index contributed by atoms with van der Waals surface area (Å²) in [5, 5.41) is 0. The average molecular weight is 195 g/mol. The first-order valence-corrected chi connectivity index (χ1v) is 4.85. The van der Waals surface area contributed by atoms with Crippen LogP contribution in [0.1, 0.15) is 5.56 Å². The smallest absolute Gasteiger partial charge is 0.133 e. The maximum atomic E-state index is 5.82. The van der Waals surface area contributed by atoms with Crippen molar-refractivity contribution in [3.63, 3.8) is 0 Å². The van der Waals surface area contributed by atoms with Gasteiger partial charge < -0.3 is 4.90 Å². The van der Waals surface area contributed by atoms with Crippen LogP contribution in [0.15, 0.2) is 30.5 Å². The van der Waals surface area contributed by atoms with Crippen molar-refractivity contribution in [1.82, 2.24) is 4.98 Å². The second-order valence-electron chi connectivity index (χ2n) is 3.00. The van der Waals surface area contributed by atoms with E-state index in [0.717, 1.165) is 24.5 Å². The van der Waals surface area contributed by atoms with E-state index in [1.54, 1.807) is 0 Å². The largest absolute Gasteiger partial charge is 0.349 e. The molecule has 0 amide bonds. The van der Waals surface area contributed by atoms with Gasteiger partial charge in [-0.1, -0.05) is 18.2 Å². The molecule has 0 saturated carbocycles. The topological polar surface area (TPSA) is 16.1 Å². The van der Waals surface area contributed by atoms with Crippen molar-refractivity contribution in [2.24, 2.45) is 0 Å². The van der Waals surface area contributed by atoms with Gasteiger partial charge in [-0.2, -0.15) is 0 Å². The summed E-state index contributed by atoms with van der Waals surface area (Å²) in [6.07, 6.45) is 6.10. The van der Waals surface area contributed by atoms with E-state index >= 15 is 0 Å². The van der Waals surface area contributed by atoms with E-state index in [4.69, 9.17) is 11.6 Å². The highest BCUT2D eigenvalue weighted by Crippen LogP contribution is 2.20. The number of aromatic nitrogens is 1. The van der Waals surface area contributed by atoms with Crippen LogP contribution in [0.4, 0.5) is 5.82 Å². The van der Waals surface area contributed by atoms with Crippen LogP contribution >= 0.6 is 11.6 Å². The van der Waals surface area contributed by atoms with Gasteiger partial charge in [-0.05, 0) is 6.07 Å². The first-order valence-electron chi connectivity index (χ1n) is 4.31. The second kappa shape index (κ2) is 3.79. The molecule has 0 saturated heterocycles. The van der Waals surface area contributed by atoms with Crippen LogP contribution in [-0.4, -0.2) is 18.1 Å². The van der Waals surface area contributed by atoms with Crippen LogP contribution in [0.5, 0.6) is 0 Å². The van der Waals surface area contributed by atoms with E-state index in [9.17, 15) is 0 Å². The van der Waals surface area contributed by atoms with Crippen molar-refractivity contribution in [2.45, 2.75) is 5.88 Å². The maximum absolute atomic E-state index is 5.82. The molecular weight excluding hydrogens is 184 g/mol. The highest BCUT2D eigenvalue weighted by atomic mass is 35.5. The van der Waals surface area contributed by atoms with Crippen LogP contribution in [-0.2, 0) is 5.88 Å². The lowest BCUT2D eigenvalue weighted by molar-refractivity contribution is 0.955. The predicted octanol–water partition coefficient (Wildman–Crippen LogP) is 2.20. The van der Waals surface area contributed by atoms with Crippen molar-refractivity contribution in [3.8, 4) is 0 Å². The van der Waals surface area contributed by atoms with Crippen LogP contribution < -0.4 is 4.90 Å². The van der Waals surface area contributed by atoms with Crippen LogP contribution in [0.25, 0.3) is 0 Å². The van der Waals surface area contributed by atoms with E-state index in [1.165, 1.54) is 0 Å². The Morgan fingerprint density at radius 3 is 2.85 bits per heavy atom. The van der Waals surface area contributed by atoms with E-state index in [1.807, 2.05) is 18.3 Å². The van der Waals surface area contributed by atoms with Gasteiger partial charge in [-0.25, -0.2) is 4.98 Å². The van der Waals surface area contributed by atoms with Gasteiger partial charge in [0.1, 0.15) is 5.82 Å². The molecule has 1 aliphatic rings. The third-order valence-electron chi connectivity index (χ3n) is 2.13. The summed E-state index contributed by atoms with van der Waals surface area (Å²) >= 11 is 5.82. The number of nitrogens with zero attached hydrogens (tertiary/aromatic N) is 2. The number of pyridine rings is 1. The van der Waals surface area contributed by atoms with Gasteiger partial charge in [0.25, 0.3) is 0 Å². The van der Waals surface area contributed by atoms with Crippen molar-refractivity contribution >= 4 is 17.4 Å². The molecule has 68 valence electrons. The van der Waals surface area contributed by atoms with Gasteiger partial charge in [0, 0.05) is 24.8 Å². The molecule has 0 aromatic carbocycles. The van der Waals surface area contributed by atoms with Gasteiger partial charge >= 0.3 is 0 Å². The van der Waals surface area contributed by atoms with Gasteiger partial charge in [0.2, 0.25) is 0 Å².